The van der Waals surface area contributed by atoms with Crippen molar-refractivity contribution in [1.29, 1.82) is 0 Å². The molecule has 148 valence electrons. The summed E-state index contributed by atoms with van der Waals surface area (Å²) >= 11 is 0. The molecular weight excluding hydrogens is 378 g/mol. The second kappa shape index (κ2) is 7.16. The Morgan fingerprint density at radius 2 is 1.96 bits per heavy atom. The number of nitrogens with zero attached hydrogens (tertiary/aromatic N) is 1. The van der Waals surface area contributed by atoms with Crippen molar-refractivity contribution in [2.24, 2.45) is 0 Å². The Labute approximate surface area is 156 Å². The number of amides is 3. The number of nitrogens with one attached hydrogen (secondary N) is 2. The minimum Gasteiger partial charge on any atom is -0.496 e. The molecule has 0 bridgehead atoms. The lowest BCUT2D eigenvalue weighted by Crippen LogP contribution is -2.42. The number of sulfonamides is 1. The molecule has 1 aromatic carbocycles. The Morgan fingerprint density at radius 3 is 2.41 bits per heavy atom. The molecule has 1 unspecified atom stereocenters. The third-order valence-corrected chi connectivity index (χ3v) is 6.25. The van der Waals surface area contributed by atoms with Crippen LogP contribution in [0.5, 0.6) is 5.75 Å². The van der Waals surface area contributed by atoms with Crippen molar-refractivity contribution >= 4 is 27.9 Å². The molecule has 0 radical (unpaired) electrons. The standard InChI is InChI=1S/C16H21N3O7S/c1-9(2)19(8-13(20)21)27(24,25)10-5-6-12(26-4)11(7-10)16(3)14(22)17-15(23)18-16/h5-7,9H,8H2,1-4H3,(H,20,21)(H2,17,18,22,23). The van der Waals surface area contributed by atoms with Gasteiger partial charge >= 0.3 is 12.0 Å². The minimum atomic E-state index is -4.18. The number of benzene rings is 1. The first kappa shape index (κ1) is 20.6. The predicted octanol–water partition coefficient (Wildman–Crippen LogP) is 0.234. The monoisotopic (exact) mass is 399 g/mol. The first-order valence-electron chi connectivity index (χ1n) is 7.99. The van der Waals surface area contributed by atoms with Crippen molar-refractivity contribution in [2.45, 2.75) is 37.2 Å². The molecule has 10 nitrogen and oxygen atoms in total. The van der Waals surface area contributed by atoms with E-state index < -0.39 is 46.1 Å². The molecular formula is C16H21N3O7S. The summed E-state index contributed by atoms with van der Waals surface area (Å²) in [7, 11) is -2.83. The van der Waals surface area contributed by atoms with E-state index in [2.05, 4.69) is 10.6 Å². The third kappa shape index (κ3) is 3.74. The number of carboxylic acid groups (broad SMARTS) is 1. The zero-order valence-corrected chi connectivity index (χ0v) is 16.1. The lowest BCUT2D eigenvalue weighted by atomic mass is 9.91. The van der Waals surface area contributed by atoms with Crippen molar-refractivity contribution in [3.05, 3.63) is 23.8 Å². The van der Waals surface area contributed by atoms with E-state index in [1.54, 1.807) is 13.8 Å². The molecule has 1 heterocycles. The van der Waals surface area contributed by atoms with Crippen LogP contribution in [0, 0.1) is 0 Å². The summed E-state index contributed by atoms with van der Waals surface area (Å²) in [6, 6.07) is 2.49. The molecule has 0 saturated carbocycles. The molecule has 1 aliphatic rings. The first-order valence-corrected chi connectivity index (χ1v) is 9.43. The summed E-state index contributed by atoms with van der Waals surface area (Å²) < 4.78 is 32.0. The van der Waals surface area contributed by atoms with Crippen LogP contribution in [0.25, 0.3) is 0 Å². The van der Waals surface area contributed by atoms with Crippen LogP contribution in [0.15, 0.2) is 23.1 Å². The van der Waals surface area contributed by atoms with E-state index in [4.69, 9.17) is 9.84 Å². The molecule has 0 aliphatic carbocycles. The number of ether oxygens (including phenoxy) is 1. The Morgan fingerprint density at radius 1 is 1.33 bits per heavy atom. The van der Waals surface area contributed by atoms with Crippen LogP contribution in [-0.4, -0.2) is 55.4 Å². The van der Waals surface area contributed by atoms with Gasteiger partial charge in [-0.3, -0.25) is 14.9 Å². The maximum Gasteiger partial charge on any atom is 0.322 e. The lowest BCUT2D eigenvalue weighted by Gasteiger charge is -2.27. The topological polar surface area (TPSA) is 142 Å². The number of carboxylic acids is 1. The van der Waals surface area contributed by atoms with Crippen LogP contribution >= 0.6 is 0 Å². The van der Waals surface area contributed by atoms with Gasteiger partial charge in [-0.15, -0.1) is 0 Å². The van der Waals surface area contributed by atoms with E-state index in [0.29, 0.717) is 0 Å². The molecule has 0 spiro atoms. The van der Waals surface area contributed by atoms with E-state index in [0.717, 1.165) is 4.31 Å². The van der Waals surface area contributed by atoms with Gasteiger partial charge in [0.15, 0.2) is 0 Å². The second-order valence-electron chi connectivity index (χ2n) is 6.43. The van der Waals surface area contributed by atoms with Crippen LogP contribution in [-0.2, 0) is 25.2 Å². The van der Waals surface area contributed by atoms with Crippen molar-refractivity contribution in [3.8, 4) is 5.75 Å². The Balaban J connectivity index is 2.61. The van der Waals surface area contributed by atoms with E-state index in [1.807, 2.05) is 0 Å². The Hall–Kier alpha value is -2.66. The van der Waals surface area contributed by atoms with Gasteiger partial charge in [0.25, 0.3) is 5.91 Å². The van der Waals surface area contributed by atoms with E-state index in [1.165, 1.54) is 32.2 Å². The molecule has 3 amide bonds. The predicted molar refractivity (Wildman–Crippen MR) is 93.7 cm³/mol. The van der Waals surface area contributed by atoms with E-state index in [-0.39, 0.29) is 16.2 Å². The van der Waals surface area contributed by atoms with Crippen LogP contribution < -0.4 is 15.4 Å². The van der Waals surface area contributed by atoms with E-state index >= 15 is 0 Å². The van der Waals surface area contributed by atoms with Crippen LogP contribution in [0.2, 0.25) is 0 Å². The zero-order valence-electron chi connectivity index (χ0n) is 15.3. The van der Waals surface area contributed by atoms with Gasteiger partial charge in [-0.05, 0) is 39.0 Å². The number of carbonyl (C=O) groups excluding carboxylic acids is 2. The molecule has 3 N–H and O–H groups in total. The maximum atomic E-state index is 13.0. The number of rotatable bonds is 7. The van der Waals surface area contributed by atoms with Crippen LogP contribution in [0.1, 0.15) is 26.3 Å². The summed E-state index contributed by atoms with van der Waals surface area (Å²) in [4.78, 5) is 34.7. The summed E-state index contributed by atoms with van der Waals surface area (Å²) in [6.07, 6.45) is 0. The molecule has 0 aromatic heterocycles. The molecule has 1 saturated heterocycles. The Bertz CT molecular complexity index is 897. The number of carbonyl (C=O) groups is 3. The zero-order chi connectivity index (χ0) is 20.6. The number of hydrogen-bond acceptors (Lipinski definition) is 6. The summed E-state index contributed by atoms with van der Waals surface area (Å²) in [6.45, 7) is 3.81. The van der Waals surface area contributed by atoms with Gasteiger partial charge in [0.1, 0.15) is 17.8 Å². The van der Waals surface area contributed by atoms with Crippen molar-refractivity contribution in [2.75, 3.05) is 13.7 Å². The molecule has 1 atom stereocenters. The smallest absolute Gasteiger partial charge is 0.322 e. The highest BCUT2D eigenvalue weighted by Gasteiger charge is 2.46. The lowest BCUT2D eigenvalue weighted by molar-refractivity contribution is -0.137. The fraction of sp³-hybridized carbons (Fsp3) is 0.438. The van der Waals surface area contributed by atoms with Gasteiger partial charge in [-0.2, -0.15) is 4.31 Å². The second-order valence-corrected chi connectivity index (χ2v) is 8.32. The highest BCUT2D eigenvalue weighted by Crippen LogP contribution is 2.35. The number of methoxy groups -OCH3 is 1. The largest absolute Gasteiger partial charge is 0.496 e. The van der Waals surface area contributed by atoms with Crippen LogP contribution in [0.4, 0.5) is 4.79 Å². The number of urea groups is 1. The van der Waals surface area contributed by atoms with Gasteiger partial charge in [-0.1, -0.05) is 0 Å². The SMILES string of the molecule is COc1ccc(S(=O)(=O)N(CC(=O)O)C(C)C)cc1C1(C)NC(=O)NC1=O. The number of imide groups is 1. The molecule has 2 rings (SSSR count). The Kier molecular flexibility index (Phi) is 5.47. The molecule has 1 fully saturated rings. The van der Waals surface area contributed by atoms with Gasteiger partial charge in [0, 0.05) is 11.6 Å². The van der Waals surface area contributed by atoms with Gasteiger partial charge in [0.05, 0.1) is 12.0 Å². The fourth-order valence-corrected chi connectivity index (χ4v) is 4.40. The van der Waals surface area contributed by atoms with Crippen molar-refractivity contribution in [1.82, 2.24) is 14.9 Å². The molecule has 11 heteroatoms. The van der Waals surface area contributed by atoms with Gasteiger partial charge < -0.3 is 15.2 Å². The number of aliphatic carboxylic acids is 1. The average molecular weight is 399 g/mol. The summed E-state index contributed by atoms with van der Waals surface area (Å²) in [5.41, 5.74) is -1.41. The number of hydrogen-bond donors (Lipinski definition) is 3. The first-order chi connectivity index (χ1) is 12.4. The van der Waals surface area contributed by atoms with Gasteiger partial charge in [-0.25, -0.2) is 13.2 Å². The normalized spacial score (nSPS) is 19.9. The highest BCUT2D eigenvalue weighted by molar-refractivity contribution is 7.89. The van der Waals surface area contributed by atoms with Crippen molar-refractivity contribution < 1.29 is 32.6 Å². The quantitative estimate of drug-likeness (QED) is 0.557. The average Bonchev–Trinajstić information content (AvgIpc) is 2.84. The third-order valence-electron chi connectivity index (χ3n) is 4.23. The molecule has 1 aliphatic heterocycles. The highest BCUT2D eigenvalue weighted by atomic mass is 32.2. The molecule has 27 heavy (non-hydrogen) atoms. The van der Waals surface area contributed by atoms with Crippen molar-refractivity contribution in [3.63, 3.8) is 0 Å². The maximum absolute atomic E-state index is 13.0. The molecule has 1 aromatic rings. The van der Waals surface area contributed by atoms with Crippen LogP contribution in [0.3, 0.4) is 0 Å². The fourth-order valence-electron chi connectivity index (χ4n) is 2.78. The summed E-state index contributed by atoms with van der Waals surface area (Å²) in [5, 5.41) is 13.6. The van der Waals surface area contributed by atoms with E-state index in [9.17, 15) is 22.8 Å². The van der Waals surface area contributed by atoms with Gasteiger partial charge in [0.2, 0.25) is 10.0 Å². The summed E-state index contributed by atoms with van der Waals surface area (Å²) in [5.74, 6) is -1.76. The minimum absolute atomic E-state index is 0.133.